The third-order valence-corrected chi connectivity index (χ3v) is 3.29. The molecule has 0 radical (unpaired) electrons. The maximum Gasteiger partial charge on any atom is 0.311 e. The molecule has 0 atom stereocenters. The normalized spacial score (nSPS) is 16.9. The van der Waals surface area contributed by atoms with Gasteiger partial charge in [0.15, 0.2) is 0 Å². The lowest BCUT2D eigenvalue weighted by Crippen LogP contribution is -2.31. The Morgan fingerprint density at radius 3 is 2.69 bits per heavy atom. The van der Waals surface area contributed by atoms with Gasteiger partial charge in [-0.15, -0.1) is 0 Å². The van der Waals surface area contributed by atoms with Crippen molar-refractivity contribution in [3.05, 3.63) is 29.8 Å². The topological polar surface area (TPSA) is 40.5 Å². The first-order chi connectivity index (χ1) is 7.53. The van der Waals surface area contributed by atoms with Crippen LogP contribution in [0.4, 0.5) is 5.69 Å². The van der Waals surface area contributed by atoms with E-state index in [1.807, 2.05) is 37.1 Å². The van der Waals surface area contributed by atoms with E-state index >= 15 is 0 Å². The van der Waals surface area contributed by atoms with Gasteiger partial charge in [0.05, 0.1) is 5.41 Å². The Labute approximate surface area is 95.7 Å². The summed E-state index contributed by atoms with van der Waals surface area (Å²) in [5, 5.41) is 9.13. The van der Waals surface area contributed by atoms with E-state index in [0.29, 0.717) is 6.54 Å². The molecule has 0 amide bonds. The summed E-state index contributed by atoms with van der Waals surface area (Å²) in [5.41, 5.74) is 1.80. The monoisotopic (exact) mass is 219 g/mol. The molecule has 0 unspecified atom stereocenters. The van der Waals surface area contributed by atoms with Crippen molar-refractivity contribution in [1.82, 2.24) is 0 Å². The van der Waals surface area contributed by atoms with Crippen molar-refractivity contribution in [1.29, 1.82) is 0 Å². The van der Waals surface area contributed by atoms with Crippen molar-refractivity contribution in [2.24, 2.45) is 5.41 Å². The van der Waals surface area contributed by atoms with Crippen LogP contribution in [-0.4, -0.2) is 24.7 Å². The van der Waals surface area contributed by atoms with Crippen LogP contribution >= 0.6 is 0 Å². The molecular formula is C13H17NO2. The molecule has 1 aromatic carbocycles. The van der Waals surface area contributed by atoms with Crippen molar-refractivity contribution >= 4 is 11.7 Å². The molecular weight excluding hydrogens is 202 g/mol. The molecule has 0 saturated heterocycles. The smallest absolute Gasteiger partial charge is 0.311 e. The molecule has 1 aliphatic rings. The SMILES string of the molecule is Cc1cccc(N(C)CC2(C(=O)O)CC2)c1. The minimum absolute atomic E-state index is 0.488. The van der Waals surface area contributed by atoms with Crippen molar-refractivity contribution < 1.29 is 9.90 Å². The van der Waals surface area contributed by atoms with Crippen LogP contribution in [0.5, 0.6) is 0 Å². The fourth-order valence-electron chi connectivity index (χ4n) is 2.00. The molecule has 0 spiro atoms. The summed E-state index contributed by atoms with van der Waals surface area (Å²) in [6.07, 6.45) is 1.61. The molecule has 0 bridgehead atoms. The maximum absolute atomic E-state index is 11.1. The number of carboxylic acid groups (broad SMARTS) is 1. The Morgan fingerprint density at radius 2 is 2.19 bits per heavy atom. The third-order valence-electron chi connectivity index (χ3n) is 3.29. The van der Waals surface area contributed by atoms with E-state index in [1.54, 1.807) is 0 Å². The van der Waals surface area contributed by atoms with E-state index in [1.165, 1.54) is 5.56 Å². The Balaban J connectivity index is 2.09. The number of hydrogen-bond donors (Lipinski definition) is 1. The predicted octanol–water partition coefficient (Wildman–Crippen LogP) is 2.30. The molecule has 1 N–H and O–H groups in total. The van der Waals surface area contributed by atoms with Crippen LogP contribution in [0.2, 0.25) is 0 Å². The summed E-state index contributed by atoms with van der Waals surface area (Å²) >= 11 is 0. The second-order valence-electron chi connectivity index (χ2n) is 4.78. The van der Waals surface area contributed by atoms with Crippen molar-refractivity contribution in [2.75, 3.05) is 18.5 Å². The molecule has 0 aliphatic heterocycles. The predicted molar refractivity (Wildman–Crippen MR) is 63.8 cm³/mol. The van der Waals surface area contributed by atoms with Gasteiger partial charge >= 0.3 is 5.97 Å². The van der Waals surface area contributed by atoms with Gasteiger partial charge in [0.2, 0.25) is 0 Å². The summed E-state index contributed by atoms with van der Waals surface area (Å²) in [6.45, 7) is 2.65. The van der Waals surface area contributed by atoms with Gasteiger partial charge in [-0.2, -0.15) is 0 Å². The molecule has 0 heterocycles. The highest BCUT2D eigenvalue weighted by Gasteiger charge is 2.50. The molecule has 1 aliphatic carbocycles. The molecule has 1 saturated carbocycles. The minimum Gasteiger partial charge on any atom is -0.481 e. The third kappa shape index (κ3) is 2.03. The lowest BCUT2D eigenvalue weighted by molar-refractivity contribution is -0.142. The summed E-state index contributed by atoms with van der Waals surface area (Å²) < 4.78 is 0. The average molecular weight is 219 g/mol. The Hall–Kier alpha value is -1.51. The lowest BCUT2D eigenvalue weighted by atomic mass is 10.1. The minimum atomic E-state index is -0.660. The average Bonchev–Trinajstić information content (AvgIpc) is 2.99. The van der Waals surface area contributed by atoms with Crippen LogP contribution in [0.15, 0.2) is 24.3 Å². The molecule has 3 nitrogen and oxygen atoms in total. The highest BCUT2D eigenvalue weighted by Crippen LogP contribution is 2.46. The van der Waals surface area contributed by atoms with E-state index in [4.69, 9.17) is 5.11 Å². The zero-order valence-electron chi connectivity index (χ0n) is 9.73. The highest BCUT2D eigenvalue weighted by atomic mass is 16.4. The number of carboxylic acids is 1. The van der Waals surface area contributed by atoms with Crippen LogP contribution in [0, 0.1) is 12.3 Å². The standard InChI is InChI=1S/C13H17NO2/c1-10-4-3-5-11(8-10)14(2)9-13(6-7-13)12(15)16/h3-5,8H,6-7,9H2,1-2H3,(H,15,16). The van der Waals surface area contributed by atoms with Crippen LogP contribution in [0.1, 0.15) is 18.4 Å². The zero-order chi connectivity index (χ0) is 11.8. The fourth-order valence-corrected chi connectivity index (χ4v) is 2.00. The van der Waals surface area contributed by atoms with Gasteiger partial charge in [0.1, 0.15) is 0 Å². The Kier molecular flexibility index (Phi) is 2.62. The number of carbonyl (C=O) groups is 1. The fraction of sp³-hybridized carbons (Fsp3) is 0.462. The Morgan fingerprint density at radius 1 is 1.50 bits per heavy atom. The number of anilines is 1. The zero-order valence-corrected chi connectivity index (χ0v) is 9.73. The second-order valence-corrected chi connectivity index (χ2v) is 4.78. The summed E-state index contributed by atoms with van der Waals surface area (Å²) in [7, 11) is 1.96. The molecule has 1 aromatic rings. The van der Waals surface area contributed by atoms with E-state index in [9.17, 15) is 4.79 Å². The van der Waals surface area contributed by atoms with Gasteiger partial charge in [0.25, 0.3) is 0 Å². The van der Waals surface area contributed by atoms with Gasteiger partial charge in [0, 0.05) is 19.3 Å². The molecule has 3 heteroatoms. The number of aryl methyl sites for hydroxylation is 1. The van der Waals surface area contributed by atoms with Crippen molar-refractivity contribution in [3.8, 4) is 0 Å². The Bertz CT molecular complexity index is 410. The van der Waals surface area contributed by atoms with Crippen LogP contribution in [0.25, 0.3) is 0 Å². The second kappa shape index (κ2) is 3.81. The van der Waals surface area contributed by atoms with Crippen molar-refractivity contribution in [3.63, 3.8) is 0 Å². The number of aliphatic carboxylic acids is 1. The lowest BCUT2D eigenvalue weighted by Gasteiger charge is -2.23. The molecule has 0 aromatic heterocycles. The largest absolute Gasteiger partial charge is 0.481 e. The van der Waals surface area contributed by atoms with Gasteiger partial charge in [-0.1, -0.05) is 12.1 Å². The van der Waals surface area contributed by atoms with Crippen LogP contribution in [0.3, 0.4) is 0 Å². The molecule has 86 valence electrons. The summed E-state index contributed by atoms with van der Waals surface area (Å²) in [5.74, 6) is -0.660. The van der Waals surface area contributed by atoms with E-state index < -0.39 is 11.4 Å². The quantitative estimate of drug-likeness (QED) is 0.844. The van der Waals surface area contributed by atoms with Gasteiger partial charge in [-0.3, -0.25) is 4.79 Å². The number of nitrogens with zero attached hydrogens (tertiary/aromatic N) is 1. The van der Waals surface area contributed by atoms with Crippen LogP contribution < -0.4 is 4.90 Å². The maximum atomic E-state index is 11.1. The van der Waals surface area contributed by atoms with Gasteiger partial charge < -0.3 is 10.0 Å². The number of hydrogen-bond acceptors (Lipinski definition) is 2. The summed E-state index contributed by atoms with van der Waals surface area (Å²) in [4.78, 5) is 13.1. The number of rotatable bonds is 4. The van der Waals surface area contributed by atoms with Gasteiger partial charge in [-0.25, -0.2) is 0 Å². The first-order valence-corrected chi connectivity index (χ1v) is 5.55. The van der Waals surface area contributed by atoms with Gasteiger partial charge in [-0.05, 0) is 37.5 Å². The summed E-state index contributed by atoms with van der Waals surface area (Å²) in [6, 6.07) is 8.14. The molecule has 1 fully saturated rings. The van der Waals surface area contributed by atoms with E-state index in [0.717, 1.165) is 18.5 Å². The first kappa shape index (κ1) is 11.0. The first-order valence-electron chi connectivity index (χ1n) is 5.55. The van der Waals surface area contributed by atoms with Crippen LogP contribution in [-0.2, 0) is 4.79 Å². The van der Waals surface area contributed by atoms with E-state index in [2.05, 4.69) is 6.07 Å². The van der Waals surface area contributed by atoms with E-state index in [-0.39, 0.29) is 0 Å². The molecule has 2 rings (SSSR count). The van der Waals surface area contributed by atoms with Crippen molar-refractivity contribution in [2.45, 2.75) is 19.8 Å². The number of benzene rings is 1. The highest BCUT2D eigenvalue weighted by molar-refractivity contribution is 5.78. The molecule has 16 heavy (non-hydrogen) atoms.